The Kier molecular flexibility index (Phi) is 8.44. The van der Waals surface area contributed by atoms with Crippen LogP contribution in [0.1, 0.15) is 91.4 Å². The minimum atomic E-state index is -0.329. The zero-order valence-electron chi connectivity index (χ0n) is 18.9. The minimum Gasteiger partial charge on any atom is -0.465 e. The smallest absolute Gasteiger partial charge is 0.310 e. The summed E-state index contributed by atoms with van der Waals surface area (Å²) in [6.07, 6.45) is 12.3. The van der Waals surface area contributed by atoms with E-state index < -0.39 is 0 Å². The number of hydrogen-bond donors (Lipinski definition) is 0. The number of carbonyl (C=O) groups excluding carboxylic acids is 2. The van der Waals surface area contributed by atoms with Crippen LogP contribution in [0.4, 0.5) is 0 Å². The summed E-state index contributed by atoms with van der Waals surface area (Å²) in [5.74, 6) is 1.80. The van der Waals surface area contributed by atoms with Gasteiger partial charge in [0, 0.05) is 0 Å². The van der Waals surface area contributed by atoms with Gasteiger partial charge in [0.05, 0.1) is 25.0 Å². The van der Waals surface area contributed by atoms with Gasteiger partial charge in [0.15, 0.2) is 0 Å². The lowest BCUT2D eigenvalue weighted by atomic mass is 9.72. The molecule has 0 amide bonds. The Bertz CT molecular complexity index is 529. The van der Waals surface area contributed by atoms with E-state index in [1.54, 1.807) is 0 Å². The quantitative estimate of drug-likeness (QED) is 0.525. The molecule has 166 valence electrons. The van der Waals surface area contributed by atoms with Crippen molar-refractivity contribution in [1.82, 2.24) is 0 Å². The third-order valence-electron chi connectivity index (χ3n) is 7.99. The molecule has 4 heteroatoms. The zero-order chi connectivity index (χ0) is 20.8. The van der Waals surface area contributed by atoms with Crippen molar-refractivity contribution in [2.45, 2.75) is 91.4 Å². The molecule has 4 nitrogen and oxygen atoms in total. The molecule has 3 atom stereocenters. The molecule has 3 rings (SSSR count). The van der Waals surface area contributed by atoms with Crippen LogP contribution < -0.4 is 0 Å². The van der Waals surface area contributed by atoms with Crippen molar-refractivity contribution in [2.75, 3.05) is 13.2 Å². The molecular formula is C25H42O4. The van der Waals surface area contributed by atoms with E-state index in [0.29, 0.717) is 25.0 Å². The molecule has 3 unspecified atom stereocenters. The van der Waals surface area contributed by atoms with Crippen LogP contribution in [0, 0.1) is 41.4 Å². The Hall–Kier alpha value is -1.06. The Morgan fingerprint density at radius 3 is 1.66 bits per heavy atom. The molecule has 3 fully saturated rings. The molecule has 0 aromatic carbocycles. The van der Waals surface area contributed by atoms with Gasteiger partial charge in [-0.05, 0) is 68.1 Å². The molecule has 0 aromatic heterocycles. The lowest BCUT2D eigenvalue weighted by Crippen LogP contribution is -2.40. The van der Waals surface area contributed by atoms with Gasteiger partial charge < -0.3 is 9.47 Å². The summed E-state index contributed by atoms with van der Waals surface area (Å²) in [5, 5.41) is 0. The normalized spacial score (nSPS) is 38.2. The molecular weight excluding hydrogens is 364 g/mol. The SMILES string of the molecule is CC1CCC(COC(=O)C2CCCC(C)C2C(=O)OCC2CCC(C)CC2)CC1. The summed E-state index contributed by atoms with van der Waals surface area (Å²) in [6.45, 7) is 7.75. The van der Waals surface area contributed by atoms with Crippen LogP contribution in [0.15, 0.2) is 0 Å². The van der Waals surface area contributed by atoms with Gasteiger partial charge in [-0.2, -0.15) is 0 Å². The van der Waals surface area contributed by atoms with Gasteiger partial charge in [-0.15, -0.1) is 0 Å². The number of hydrogen-bond acceptors (Lipinski definition) is 4. The predicted molar refractivity (Wildman–Crippen MR) is 114 cm³/mol. The first-order chi connectivity index (χ1) is 13.9. The van der Waals surface area contributed by atoms with E-state index >= 15 is 0 Å². The maximum absolute atomic E-state index is 12.9. The van der Waals surface area contributed by atoms with Crippen LogP contribution in [0.5, 0.6) is 0 Å². The van der Waals surface area contributed by atoms with Crippen molar-refractivity contribution < 1.29 is 19.1 Å². The molecule has 3 saturated carbocycles. The predicted octanol–water partition coefficient (Wildman–Crippen LogP) is 5.78. The third-order valence-corrected chi connectivity index (χ3v) is 7.99. The van der Waals surface area contributed by atoms with Crippen molar-refractivity contribution in [1.29, 1.82) is 0 Å². The number of carbonyl (C=O) groups is 2. The Morgan fingerprint density at radius 1 is 0.655 bits per heavy atom. The molecule has 0 bridgehead atoms. The molecule has 0 heterocycles. The Labute approximate surface area is 177 Å². The molecule has 0 saturated heterocycles. The molecule has 3 aliphatic rings. The molecule has 0 aromatic rings. The van der Waals surface area contributed by atoms with E-state index in [2.05, 4.69) is 20.8 Å². The standard InChI is InChI=1S/C25H42O4/c1-17-7-11-20(12-8-17)15-28-24(26)22-6-4-5-19(3)23(22)25(27)29-16-21-13-9-18(2)10-14-21/h17-23H,4-16H2,1-3H3. The topological polar surface area (TPSA) is 52.6 Å². The number of ether oxygens (including phenoxy) is 2. The summed E-state index contributed by atoms with van der Waals surface area (Å²) in [4.78, 5) is 25.8. The van der Waals surface area contributed by atoms with Crippen molar-refractivity contribution in [3.05, 3.63) is 0 Å². The second-order valence-electron chi connectivity index (χ2n) is 10.6. The van der Waals surface area contributed by atoms with Crippen LogP contribution in [-0.4, -0.2) is 25.2 Å². The lowest BCUT2D eigenvalue weighted by molar-refractivity contribution is -0.167. The summed E-state index contributed by atoms with van der Waals surface area (Å²) >= 11 is 0. The van der Waals surface area contributed by atoms with Crippen molar-refractivity contribution in [3.8, 4) is 0 Å². The maximum atomic E-state index is 12.9. The Morgan fingerprint density at radius 2 is 1.14 bits per heavy atom. The van der Waals surface area contributed by atoms with Crippen LogP contribution >= 0.6 is 0 Å². The maximum Gasteiger partial charge on any atom is 0.310 e. The van der Waals surface area contributed by atoms with Crippen LogP contribution in [0.2, 0.25) is 0 Å². The molecule has 0 radical (unpaired) electrons. The fourth-order valence-electron chi connectivity index (χ4n) is 5.67. The van der Waals surface area contributed by atoms with Gasteiger partial charge in [0.1, 0.15) is 0 Å². The van der Waals surface area contributed by atoms with Gasteiger partial charge in [-0.25, -0.2) is 0 Å². The number of rotatable bonds is 6. The van der Waals surface area contributed by atoms with Gasteiger partial charge in [-0.1, -0.05) is 52.9 Å². The number of esters is 2. The highest BCUT2D eigenvalue weighted by molar-refractivity contribution is 5.82. The molecule has 0 N–H and O–H groups in total. The largest absolute Gasteiger partial charge is 0.465 e. The highest BCUT2D eigenvalue weighted by Crippen LogP contribution is 2.37. The van der Waals surface area contributed by atoms with Crippen molar-refractivity contribution in [3.63, 3.8) is 0 Å². The van der Waals surface area contributed by atoms with Crippen molar-refractivity contribution >= 4 is 11.9 Å². The molecule has 3 aliphatic carbocycles. The first-order valence-electron chi connectivity index (χ1n) is 12.3. The zero-order valence-corrected chi connectivity index (χ0v) is 18.9. The van der Waals surface area contributed by atoms with Gasteiger partial charge in [0.2, 0.25) is 0 Å². The summed E-state index contributed by atoms with van der Waals surface area (Å²) < 4.78 is 11.5. The molecule has 0 spiro atoms. The first-order valence-corrected chi connectivity index (χ1v) is 12.3. The molecule has 29 heavy (non-hydrogen) atoms. The van der Waals surface area contributed by atoms with E-state index in [-0.39, 0.29) is 29.7 Å². The summed E-state index contributed by atoms with van der Waals surface area (Å²) in [5.41, 5.74) is 0. The van der Waals surface area contributed by atoms with E-state index in [9.17, 15) is 9.59 Å². The first kappa shape index (κ1) is 22.6. The van der Waals surface area contributed by atoms with E-state index in [0.717, 1.165) is 56.8 Å². The van der Waals surface area contributed by atoms with Gasteiger partial charge >= 0.3 is 11.9 Å². The Balaban J connectivity index is 1.49. The van der Waals surface area contributed by atoms with E-state index in [1.807, 2.05) is 0 Å². The second kappa shape index (κ2) is 10.8. The fourth-order valence-corrected chi connectivity index (χ4v) is 5.67. The van der Waals surface area contributed by atoms with Crippen LogP contribution in [0.25, 0.3) is 0 Å². The highest BCUT2D eigenvalue weighted by atomic mass is 16.5. The van der Waals surface area contributed by atoms with Crippen molar-refractivity contribution in [2.24, 2.45) is 41.4 Å². The average molecular weight is 407 g/mol. The monoisotopic (exact) mass is 406 g/mol. The summed E-state index contributed by atoms with van der Waals surface area (Å²) in [7, 11) is 0. The van der Waals surface area contributed by atoms with Crippen LogP contribution in [0.3, 0.4) is 0 Å². The van der Waals surface area contributed by atoms with E-state index in [1.165, 1.54) is 25.7 Å². The third kappa shape index (κ3) is 6.46. The van der Waals surface area contributed by atoms with Gasteiger partial charge in [0.25, 0.3) is 0 Å². The second-order valence-corrected chi connectivity index (χ2v) is 10.6. The minimum absolute atomic E-state index is 0.163. The van der Waals surface area contributed by atoms with E-state index in [4.69, 9.17) is 9.47 Å². The van der Waals surface area contributed by atoms with Gasteiger partial charge in [-0.3, -0.25) is 9.59 Å². The average Bonchev–Trinajstić information content (AvgIpc) is 2.72. The molecule has 0 aliphatic heterocycles. The lowest BCUT2D eigenvalue weighted by Gasteiger charge is -2.34. The van der Waals surface area contributed by atoms with Crippen LogP contribution in [-0.2, 0) is 19.1 Å². The summed E-state index contributed by atoms with van der Waals surface area (Å²) in [6, 6.07) is 0. The highest BCUT2D eigenvalue weighted by Gasteiger charge is 2.42. The fraction of sp³-hybridized carbons (Fsp3) is 0.920.